The number of phenolic OH excluding ortho intramolecular Hbond substituents is 1. The fraction of sp³-hybridized carbons (Fsp3) is 0.353. The lowest BCUT2D eigenvalue weighted by Gasteiger charge is -2.47. The summed E-state index contributed by atoms with van der Waals surface area (Å²) in [5.74, 6) is 1.71. The van der Waals surface area contributed by atoms with Crippen molar-refractivity contribution in [2.45, 2.75) is 18.3 Å². The first-order chi connectivity index (χ1) is 10.1. The van der Waals surface area contributed by atoms with E-state index in [1.165, 1.54) is 0 Å². The molecule has 4 rings (SSSR count). The van der Waals surface area contributed by atoms with Crippen LogP contribution in [0.4, 0.5) is 0 Å². The quantitative estimate of drug-likeness (QED) is 0.859. The van der Waals surface area contributed by atoms with E-state index >= 15 is 0 Å². The van der Waals surface area contributed by atoms with Crippen LogP contribution in [0, 0.1) is 5.92 Å². The van der Waals surface area contributed by atoms with Crippen LogP contribution in [0.25, 0.3) is 0 Å². The SMILES string of the molecule is COc1cc2c(cc1O)C[C@@H]1COC3=CC(=O)C=C[C@@]32C1. The van der Waals surface area contributed by atoms with Crippen molar-refractivity contribution in [3.8, 4) is 11.5 Å². The molecule has 1 aromatic rings. The molecule has 0 saturated carbocycles. The van der Waals surface area contributed by atoms with E-state index in [0.717, 1.165) is 29.7 Å². The zero-order valence-electron chi connectivity index (χ0n) is 11.8. The van der Waals surface area contributed by atoms with Crippen molar-refractivity contribution >= 4 is 5.78 Å². The lowest BCUT2D eigenvalue weighted by Crippen LogP contribution is -2.43. The summed E-state index contributed by atoms with van der Waals surface area (Å²) in [5, 5.41) is 10.0. The lowest BCUT2D eigenvalue weighted by molar-refractivity contribution is -0.111. The maximum Gasteiger partial charge on any atom is 0.181 e. The molecule has 21 heavy (non-hydrogen) atoms. The average molecular weight is 284 g/mol. The van der Waals surface area contributed by atoms with Gasteiger partial charge in [0.2, 0.25) is 0 Å². The molecule has 0 aromatic heterocycles. The highest BCUT2D eigenvalue weighted by Gasteiger charge is 2.48. The van der Waals surface area contributed by atoms with Gasteiger partial charge in [-0.05, 0) is 48.1 Å². The van der Waals surface area contributed by atoms with E-state index in [4.69, 9.17) is 9.47 Å². The summed E-state index contributed by atoms with van der Waals surface area (Å²) in [7, 11) is 1.54. The number of carbonyl (C=O) groups is 1. The Hall–Kier alpha value is -2.23. The van der Waals surface area contributed by atoms with Gasteiger partial charge in [-0.25, -0.2) is 0 Å². The minimum Gasteiger partial charge on any atom is -0.504 e. The lowest BCUT2D eigenvalue weighted by atomic mass is 9.62. The molecule has 4 heteroatoms. The largest absolute Gasteiger partial charge is 0.504 e. The molecule has 1 aliphatic heterocycles. The van der Waals surface area contributed by atoms with Crippen LogP contribution < -0.4 is 4.74 Å². The molecular weight excluding hydrogens is 268 g/mol. The second-order valence-corrected chi connectivity index (χ2v) is 5.98. The van der Waals surface area contributed by atoms with Gasteiger partial charge in [0.15, 0.2) is 17.3 Å². The van der Waals surface area contributed by atoms with E-state index in [-0.39, 0.29) is 16.9 Å². The molecule has 1 aromatic carbocycles. The van der Waals surface area contributed by atoms with Gasteiger partial charge in [-0.2, -0.15) is 0 Å². The van der Waals surface area contributed by atoms with Crippen LogP contribution in [0.5, 0.6) is 11.5 Å². The maximum absolute atomic E-state index is 11.7. The number of aromatic hydroxyl groups is 1. The van der Waals surface area contributed by atoms with E-state index in [9.17, 15) is 9.90 Å². The zero-order valence-corrected chi connectivity index (χ0v) is 11.8. The van der Waals surface area contributed by atoms with Gasteiger partial charge in [-0.1, -0.05) is 6.08 Å². The Morgan fingerprint density at radius 3 is 3.10 bits per heavy atom. The third-order valence-electron chi connectivity index (χ3n) is 4.72. The minimum atomic E-state index is -0.384. The summed E-state index contributed by atoms with van der Waals surface area (Å²) in [6, 6.07) is 3.67. The van der Waals surface area contributed by atoms with Gasteiger partial charge in [0.05, 0.1) is 19.1 Å². The predicted octanol–water partition coefficient (Wildman–Crippen LogP) is 2.25. The molecule has 1 fully saturated rings. The number of benzene rings is 1. The van der Waals surface area contributed by atoms with Crippen molar-refractivity contribution in [1.82, 2.24) is 0 Å². The highest BCUT2D eigenvalue weighted by molar-refractivity contribution is 6.01. The van der Waals surface area contributed by atoms with Crippen molar-refractivity contribution in [2.75, 3.05) is 13.7 Å². The molecule has 2 bridgehead atoms. The first kappa shape index (κ1) is 12.5. The van der Waals surface area contributed by atoms with Crippen LogP contribution in [-0.2, 0) is 21.4 Å². The molecule has 3 aliphatic rings. The number of methoxy groups -OCH3 is 1. The number of ketones is 1. The van der Waals surface area contributed by atoms with E-state index in [0.29, 0.717) is 18.3 Å². The first-order valence-corrected chi connectivity index (χ1v) is 7.11. The number of phenols is 1. The Kier molecular flexibility index (Phi) is 2.46. The summed E-state index contributed by atoms with van der Waals surface area (Å²) >= 11 is 0. The number of fused-ring (bicyclic) bond motifs is 2. The fourth-order valence-corrected chi connectivity index (χ4v) is 3.81. The summed E-state index contributed by atoms with van der Waals surface area (Å²) in [6.45, 7) is 0.626. The topological polar surface area (TPSA) is 55.8 Å². The highest BCUT2D eigenvalue weighted by Crippen LogP contribution is 2.52. The van der Waals surface area contributed by atoms with E-state index < -0.39 is 0 Å². The fourth-order valence-electron chi connectivity index (χ4n) is 3.81. The Labute approximate surface area is 122 Å². The highest BCUT2D eigenvalue weighted by atomic mass is 16.5. The van der Waals surface area contributed by atoms with Crippen molar-refractivity contribution in [3.63, 3.8) is 0 Å². The van der Waals surface area contributed by atoms with Gasteiger partial charge in [0, 0.05) is 6.08 Å². The Morgan fingerprint density at radius 2 is 2.29 bits per heavy atom. The van der Waals surface area contributed by atoms with Crippen LogP contribution in [0.3, 0.4) is 0 Å². The number of hydrogen-bond donors (Lipinski definition) is 1. The molecule has 1 N–H and O–H groups in total. The van der Waals surface area contributed by atoms with E-state index in [1.54, 1.807) is 25.3 Å². The van der Waals surface area contributed by atoms with E-state index in [1.807, 2.05) is 12.1 Å². The third-order valence-corrected chi connectivity index (χ3v) is 4.72. The molecule has 2 atom stereocenters. The van der Waals surface area contributed by atoms with Crippen molar-refractivity contribution in [1.29, 1.82) is 0 Å². The first-order valence-electron chi connectivity index (χ1n) is 7.11. The summed E-state index contributed by atoms with van der Waals surface area (Å²) in [4.78, 5) is 11.7. The Morgan fingerprint density at radius 1 is 1.43 bits per heavy atom. The van der Waals surface area contributed by atoms with Gasteiger partial charge in [-0.3, -0.25) is 4.79 Å². The summed E-state index contributed by atoms with van der Waals surface area (Å²) in [5.41, 5.74) is 1.80. The average Bonchev–Trinajstić information content (AvgIpc) is 2.47. The van der Waals surface area contributed by atoms with Crippen molar-refractivity contribution < 1.29 is 19.4 Å². The standard InChI is InChI=1S/C17H16O4/c1-20-15-7-13-11(5-14(15)19)4-10-8-17(13)3-2-12(18)6-16(17)21-9-10/h2-3,5-7,10,19H,4,8-9H2,1H3/t10-,17-/m0/s1. The monoisotopic (exact) mass is 284 g/mol. The normalized spacial score (nSPS) is 29.1. The van der Waals surface area contributed by atoms with Gasteiger partial charge in [-0.15, -0.1) is 0 Å². The van der Waals surface area contributed by atoms with Gasteiger partial charge < -0.3 is 14.6 Å². The van der Waals surface area contributed by atoms with Crippen molar-refractivity contribution in [2.24, 2.45) is 5.92 Å². The predicted molar refractivity (Wildman–Crippen MR) is 76.3 cm³/mol. The third kappa shape index (κ3) is 1.65. The van der Waals surface area contributed by atoms with E-state index in [2.05, 4.69) is 0 Å². The second-order valence-electron chi connectivity index (χ2n) is 5.98. The Balaban J connectivity index is 1.97. The second kappa shape index (κ2) is 4.13. The van der Waals surface area contributed by atoms with Gasteiger partial charge in [0.1, 0.15) is 5.76 Å². The molecule has 0 amide bonds. The molecule has 108 valence electrons. The van der Waals surface area contributed by atoms with Crippen LogP contribution in [0.1, 0.15) is 17.5 Å². The zero-order chi connectivity index (χ0) is 14.6. The number of carbonyl (C=O) groups excluding carboxylic acids is 1. The molecule has 0 unspecified atom stereocenters. The number of allylic oxidation sites excluding steroid dienone is 3. The number of hydrogen-bond acceptors (Lipinski definition) is 4. The van der Waals surface area contributed by atoms with Crippen LogP contribution in [0.2, 0.25) is 0 Å². The molecule has 0 radical (unpaired) electrons. The molecule has 1 spiro atoms. The summed E-state index contributed by atoms with van der Waals surface area (Å²) < 4.78 is 11.1. The maximum atomic E-state index is 11.7. The molecule has 1 saturated heterocycles. The van der Waals surface area contributed by atoms with Crippen molar-refractivity contribution in [3.05, 3.63) is 47.2 Å². The number of rotatable bonds is 1. The Bertz CT molecular complexity index is 701. The minimum absolute atomic E-state index is 0.0352. The van der Waals surface area contributed by atoms with Gasteiger partial charge >= 0.3 is 0 Å². The molecular formula is C17H16O4. The van der Waals surface area contributed by atoms with Crippen LogP contribution >= 0.6 is 0 Å². The van der Waals surface area contributed by atoms with Gasteiger partial charge in [0.25, 0.3) is 0 Å². The van der Waals surface area contributed by atoms with Crippen LogP contribution in [-0.4, -0.2) is 24.6 Å². The molecule has 4 nitrogen and oxygen atoms in total. The number of ether oxygens (including phenoxy) is 2. The summed E-state index contributed by atoms with van der Waals surface area (Å²) in [6.07, 6.45) is 6.97. The van der Waals surface area contributed by atoms with Crippen LogP contribution in [0.15, 0.2) is 36.1 Å². The molecule has 2 aliphatic carbocycles. The smallest absolute Gasteiger partial charge is 0.181 e. The molecule has 1 heterocycles.